The highest BCUT2D eigenvalue weighted by atomic mass is 79.9. The van der Waals surface area contributed by atoms with Gasteiger partial charge in [-0.1, -0.05) is 35.0 Å². The zero-order valence-electron chi connectivity index (χ0n) is 12.0. The van der Waals surface area contributed by atoms with E-state index in [0.29, 0.717) is 5.95 Å². The molecule has 2 rings (SSSR count). The summed E-state index contributed by atoms with van der Waals surface area (Å²) in [5.74, 6) is 1.43. The van der Waals surface area contributed by atoms with Crippen LogP contribution in [0, 0.1) is 0 Å². The van der Waals surface area contributed by atoms with Gasteiger partial charge in [-0.05, 0) is 47.0 Å². The van der Waals surface area contributed by atoms with Crippen LogP contribution in [0.15, 0.2) is 39.4 Å². The van der Waals surface area contributed by atoms with Gasteiger partial charge in [-0.3, -0.25) is 0 Å². The molecule has 0 fully saturated rings. The minimum atomic E-state index is 0.156. The Balaban J connectivity index is 2.12. The molecule has 0 spiro atoms. The van der Waals surface area contributed by atoms with Crippen molar-refractivity contribution in [1.82, 2.24) is 9.97 Å². The molecule has 1 unspecified atom stereocenters. The highest BCUT2D eigenvalue weighted by molar-refractivity contribution is 9.10. The van der Waals surface area contributed by atoms with E-state index in [-0.39, 0.29) is 6.04 Å². The van der Waals surface area contributed by atoms with E-state index in [4.69, 9.17) is 0 Å². The van der Waals surface area contributed by atoms with Gasteiger partial charge in [0.15, 0.2) is 0 Å². The fourth-order valence-electron chi connectivity index (χ4n) is 1.83. The Morgan fingerprint density at radius 2 is 1.90 bits per heavy atom. The number of hydrogen-bond donors (Lipinski definition) is 2. The first-order chi connectivity index (χ1) is 10.1. The maximum absolute atomic E-state index is 4.50. The number of halogens is 2. The molecule has 0 radical (unpaired) electrons. The maximum Gasteiger partial charge on any atom is 0.224 e. The monoisotopic (exact) mass is 412 g/mol. The van der Waals surface area contributed by atoms with E-state index >= 15 is 0 Å². The Bertz CT molecular complexity index is 587. The number of benzene rings is 1. The highest BCUT2D eigenvalue weighted by Crippen LogP contribution is 2.25. The van der Waals surface area contributed by atoms with Crippen molar-refractivity contribution in [1.29, 1.82) is 0 Å². The minimum absolute atomic E-state index is 0.156. The van der Waals surface area contributed by atoms with Crippen LogP contribution < -0.4 is 10.6 Å². The molecule has 6 heteroatoms. The summed E-state index contributed by atoms with van der Waals surface area (Å²) in [6.45, 7) is 5.08. The number of rotatable bonds is 6. The Labute approximate surface area is 142 Å². The average molecular weight is 414 g/mol. The summed E-state index contributed by atoms with van der Waals surface area (Å²) in [5, 5.41) is 6.60. The Kier molecular flexibility index (Phi) is 5.99. The van der Waals surface area contributed by atoms with Crippen molar-refractivity contribution in [3.8, 4) is 0 Å². The van der Waals surface area contributed by atoms with Gasteiger partial charge in [0.1, 0.15) is 5.82 Å². The molecule has 1 heterocycles. The smallest absolute Gasteiger partial charge is 0.224 e. The van der Waals surface area contributed by atoms with E-state index in [1.165, 1.54) is 5.56 Å². The average Bonchev–Trinajstić information content (AvgIpc) is 2.48. The predicted octanol–water partition coefficient (Wildman–Crippen LogP) is 5.00. The zero-order chi connectivity index (χ0) is 15.2. The van der Waals surface area contributed by atoms with Crippen molar-refractivity contribution in [3.63, 3.8) is 0 Å². The molecule has 0 aliphatic rings. The fraction of sp³-hybridized carbons (Fsp3) is 0.333. The second kappa shape index (κ2) is 7.75. The molecule has 1 aromatic heterocycles. The van der Waals surface area contributed by atoms with Crippen molar-refractivity contribution in [3.05, 3.63) is 45.0 Å². The number of aromatic nitrogens is 2. The number of anilines is 2. The molecule has 1 atom stereocenters. The second-order valence-electron chi connectivity index (χ2n) is 4.73. The first kappa shape index (κ1) is 16.2. The molecule has 0 aliphatic carbocycles. The summed E-state index contributed by atoms with van der Waals surface area (Å²) >= 11 is 6.94. The lowest BCUT2D eigenvalue weighted by atomic mass is 10.1. The van der Waals surface area contributed by atoms with E-state index in [9.17, 15) is 0 Å². The third-order valence-corrected chi connectivity index (χ3v) is 4.11. The van der Waals surface area contributed by atoms with Gasteiger partial charge >= 0.3 is 0 Å². The maximum atomic E-state index is 4.50. The van der Waals surface area contributed by atoms with Crippen LogP contribution in [0.4, 0.5) is 11.8 Å². The molecule has 0 bridgehead atoms. The van der Waals surface area contributed by atoms with Crippen molar-refractivity contribution >= 4 is 43.6 Å². The molecule has 4 nitrogen and oxygen atoms in total. The lowest BCUT2D eigenvalue weighted by molar-refractivity contribution is 0.867. The summed E-state index contributed by atoms with van der Waals surface area (Å²) in [4.78, 5) is 8.76. The van der Waals surface area contributed by atoms with Crippen LogP contribution >= 0.6 is 31.9 Å². The lowest BCUT2D eigenvalue weighted by Gasteiger charge is -2.16. The molecule has 0 saturated heterocycles. The first-order valence-electron chi connectivity index (χ1n) is 6.88. The molecule has 112 valence electrons. The van der Waals surface area contributed by atoms with Crippen LogP contribution in [0.25, 0.3) is 0 Å². The van der Waals surface area contributed by atoms with E-state index in [1.54, 1.807) is 6.20 Å². The van der Waals surface area contributed by atoms with Crippen LogP contribution in [0.1, 0.15) is 31.9 Å². The van der Waals surface area contributed by atoms with Crippen LogP contribution in [-0.2, 0) is 0 Å². The Hall–Kier alpha value is -1.14. The van der Waals surface area contributed by atoms with Gasteiger partial charge in [-0.25, -0.2) is 4.98 Å². The van der Waals surface area contributed by atoms with Gasteiger partial charge in [-0.15, -0.1) is 0 Å². The summed E-state index contributed by atoms with van der Waals surface area (Å²) in [6, 6.07) is 8.41. The van der Waals surface area contributed by atoms with Crippen LogP contribution in [0.2, 0.25) is 0 Å². The lowest BCUT2D eigenvalue weighted by Crippen LogP contribution is -2.11. The van der Waals surface area contributed by atoms with Crippen LogP contribution in [0.3, 0.4) is 0 Å². The molecule has 21 heavy (non-hydrogen) atoms. The molecular formula is C15H18Br2N4. The molecule has 0 saturated carbocycles. The van der Waals surface area contributed by atoms with Gasteiger partial charge in [0.25, 0.3) is 0 Å². The second-order valence-corrected chi connectivity index (χ2v) is 6.50. The van der Waals surface area contributed by atoms with E-state index in [1.807, 2.05) is 12.1 Å². The molecule has 2 N–H and O–H groups in total. The Morgan fingerprint density at radius 3 is 2.57 bits per heavy atom. The summed E-state index contributed by atoms with van der Waals surface area (Å²) < 4.78 is 1.93. The van der Waals surface area contributed by atoms with Crippen molar-refractivity contribution in [2.75, 3.05) is 17.2 Å². The quantitative estimate of drug-likeness (QED) is 0.699. The predicted molar refractivity (Wildman–Crippen MR) is 94.7 cm³/mol. The van der Waals surface area contributed by atoms with Crippen molar-refractivity contribution in [2.45, 2.75) is 26.3 Å². The fourth-order valence-corrected chi connectivity index (χ4v) is 2.40. The third-order valence-electron chi connectivity index (χ3n) is 3.00. The zero-order valence-corrected chi connectivity index (χ0v) is 15.2. The minimum Gasteiger partial charge on any atom is -0.362 e. The topological polar surface area (TPSA) is 49.8 Å². The van der Waals surface area contributed by atoms with Gasteiger partial charge < -0.3 is 10.6 Å². The van der Waals surface area contributed by atoms with Crippen LogP contribution in [0.5, 0.6) is 0 Å². The summed E-state index contributed by atoms with van der Waals surface area (Å²) in [7, 11) is 0. The number of nitrogens with one attached hydrogen (secondary N) is 2. The van der Waals surface area contributed by atoms with Gasteiger partial charge in [0, 0.05) is 23.3 Å². The van der Waals surface area contributed by atoms with Gasteiger partial charge in [0.2, 0.25) is 5.95 Å². The SMILES string of the molecule is CCCNc1ncc(Br)c(NC(C)c2ccc(Br)cc2)n1. The molecule has 0 amide bonds. The number of nitrogens with zero attached hydrogens (tertiary/aromatic N) is 2. The largest absolute Gasteiger partial charge is 0.362 e. The molecular weight excluding hydrogens is 396 g/mol. The number of hydrogen-bond acceptors (Lipinski definition) is 4. The normalized spacial score (nSPS) is 12.0. The van der Waals surface area contributed by atoms with Crippen LogP contribution in [-0.4, -0.2) is 16.5 Å². The standard InChI is InChI=1S/C15H18Br2N4/c1-3-8-18-15-19-9-13(17)14(21-15)20-10(2)11-4-6-12(16)7-5-11/h4-7,9-10H,3,8H2,1-2H3,(H2,18,19,20,21). The Morgan fingerprint density at radius 1 is 1.19 bits per heavy atom. The van der Waals surface area contributed by atoms with Gasteiger partial charge in [0.05, 0.1) is 4.47 Å². The molecule has 1 aromatic carbocycles. The third kappa shape index (κ3) is 4.68. The first-order valence-corrected chi connectivity index (χ1v) is 8.47. The summed E-state index contributed by atoms with van der Waals surface area (Å²) in [5.41, 5.74) is 1.20. The van der Waals surface area contributed by atoms with Gasteiger partial charge in [-0.2, -0.15) is 4.98 Å². The summed E-state index contributed by atoms with van der Waals surface area (Å²) in [6.07, 6.45) is 2.80. The molecule has 0 aliphatic heterocycles. The highest BCUT2D eigenvalue weighted by Gasteiger charge is 2.10. The molecule has 2 aromatic rings. The van der Waals surface area contributed by atoms with E-state index in [0.717, 1.165) is 27.7 Å². The van der Waals surface area contributed by atoms with Crippen molar-refractivity contribution < 1.29 is 0 Å². The van der Waals surface area contributed by atoms with E-state index in [2.05, 4.69) is 78.4 Å². The van der Waals surface area contributed by atoms with Crippen molar-refractivity contribution in [2.24, 2.45) is 0 Å². The van der Waals surface area contributed by atoms with E-state index < -0.39 is 0 Å².